The summed E-state index contributed by atoms with van der Waals surface area (Å²) in [5.41, 5.74) is 1.91. The van der Waals surface area contributed by atoms with Crippen molar-refractivity contribution in [3.05, 3.63) is 34.1 Å². The minimum atomic E-state index is -0.0621. The average Bonchev–Trinajstić information content (AvgIpc) is 3.08. The van der Waals surface area contributed by atoms with Crippen LogP contribution in [0.4, 0.5) is 0 Å². The van der Waals surface area contributed by atoms with E-state index in [4.69, 9.17) is 18.9 Å². The first-order valence-corrected chi connectivity index (χ1v) is 8.00. The fourth-order valence-corrected chi connectivity index (χ4v) is 3.76. The Bertz CT molecular complexity index is 1070. The van der Waals surface area contributed by atoms with Crippen LogP contribution >= 0.6 is 0 Å². The van der Waals surface area contributed by atoms with Gasteiger partial charge in [0.2, 0.25) is 0 Å². The van der Waals surface area contributed by atoms with Crippen LogP contribution in [0.1, 0.15) is 5.56 Å². The number of hydrogen-bond donors (Lipinski definition) is 0. The number of methoxy groups -OCH3 is 4. The molecule has 0 atom stereocenters. The summed E-state index contributed by atoms with van der Waals surface area (Å²) < 4.78 is 23.9. The highest BCUT2D eigenvalue weighted by Crippen LogP contribution is 2.45. The molecule has 25 heavy (non-hydrogen) atoms. The molecule has 130 valence electrons. The number of aromatic nitrogens is 1. The summed E-state index contributed by atoms with van der Waals surface area (Å²) in [4.78, 5) is 13.1. The molecule has 3 aromatic rings. The molecule has 0 unspecified atom stereocenters. The van der Waals surface area contributed by atoms with E-state index in [1.165, 1.54) is 0 Å². The molecule has 0 spiro atoms. The summed E-state index contributed by atoms with van der Waals surface area (Å²) in [6, 6.07) is 5.53. The molecule has 0 bridgehead atoms. The Balaban J connectivity index is 2.34. The van der Waals surface area contributed by atoms with E-state index in [1.807, 2.05) is 12.1 Å². The molecule has 6 heteroatoms. The van der Waals surface area contributed by atoms with Crippen molar-refractivity contribution < 1.29 is 18.9 Å². The van der Waals surface area contributed by atoms with Gasteiger partial charge in [-0.3, -0.25) is 4.79 Å². The second-order valence-corrected chi connectivity index (χ2v) is 5.95. The van der Waals surface area contributed by atoms with Crippen molar-refractivity contribution in [1.29, 1.82) is 0 Å². The zero-order chi connectivity index (χ0) is 17.7. The van der Waals surface area contributed by atoms with Crippen LogP contribution in [0.5, 0.6) is 23.0 Å². The lowest BCUT2D eigenvalue weighted by Crippen LogP contribution is -2.19. The number of rotatable bonds is 4. The molecule has 6 nitrogen and oxygen atoms in total. The third-order valence-corrected chi connectivity index (χ3v) is 4.86. The zero-order valence-electron chi connectivity index (χ0n) is 14.6. The molecule has 0 radical (unpaired) electrons. The Morgan fingerprint density at radius 3 is 2.28 bits per heavy atom. The normalized spacial score (nSPS) is 12.6. The van der Waals surface area contributed by atoms with Gasteiger partial charge in [-0.2, -0.15) is 0 Å². The van der Waals surface area contributed by atoms with E-state index >= 15 is 0 Å². The molecule has 4 rings (SSSR count). The SMILES string of the molecule is COc1cc(OC)c2c(=O)n3c4c(cc(OC)c(OC)c4c2c1)CC3. The largest absolute Gasteiger partial charge is 0.497 e. The first-order valence-electron chi connectivity index (χ1n) is 8.00. The van der Waals surface area contributed by atoms with Crippen LogP contribution in [0, 0.1) is 0 Å². The van der Waals surface area contributed by atoms with Gasteiger partial charge in [-0.05, 0) is 24.1 Å². The first kappa shape index (κ1) is 15.6. The predicted octanol–water partition coefficient (Wildman–Crippen LogP) is 2.75. The molecule has 2 heterocycles. The fourth-order valence-electron chi connectivity index (χ4n) is 3.76. The maximum Gasteiger partial charge on any atom is 0.262 e. The van der Waals surface area contributed by atoms with Gasteiger partial charge in [-0.15, -0.1) is 0 Å². The van der Waals surface area contributed by atoms with Crippen LogP contribution in [0.3, 0.4) is 0 Å². The van der Waals surface area contributed by atoms with Crippen LogP contribution in [0.15, 0.2) is 23.0 Å². The van der Waals surface area contributed by atoms with Crippen molar-refractivity contribution in [2.45, 2.75) is 13.0 Å². The highest BCUT2D eigenvalue weighted by atomic mass is 16.5. The lowest BCUT2D eigenvalue weighted by atomic mass is 10.0. The Morgan fingerprint density at radius 1 is 0.880 bits per heavy atom. The maximum atomic E-state index is 13.1. The van der Waals surface area contributed by atoms with Crippen LogP contribution < -0.4 is 24.5 Å². The van der Waals surface area contributed by atoms with Crippen molar-refractivity contribution in [3.63, 3.8) is 0 Å². The van der Waals surface area contributed by atoms with Gasteiger partial charge in [0.25, 0.3) is 5.56 Å². The minimum Gasteiger partial charge on any atom is -0.497 e. The highest BCUT2D eigenvalue weighted by molar-refractivity contribution is 6.13. The standard InChI is InChI=1S/C19H19NO5/c1-22-11-8-12-15(13(9-11)23-2)19(21)20-6-5-10-7-14(24-3)18(25-4)16(12)17(10)20/h7-9H,5-6H2,1-4H3. The average molecular weight is 341 g/mol. The molecule has 1 aliphatic heterocycles. The zero-order valence-corrected chi connectivity index (χ0v) is 14.6. The van der Waals surface area contributed by atoms with Gasteiger partial charge in [-0.25, -0.2) is 0 Å². The van der Waals surface area contributed by atoms with Crippen LogP contribution in [-0.4, -0.2) is 33.0 Å². The van der Waals surface area contributed by atoms with E-state index in [-0.39, 0.29) is 5.56 Å². The van der Waals surface area contributed by atoms with Crippen LogP contribution in [0.2, 0.25) is 0 Å². The van der Waals surface area contributed by atoms with Crippen molar-refractivity contribution in [2.24, 2.45) is 0 Å². The van der Waals surface area contributed by atoms with E-state index in [0.717, 1.165) is 28.3 Å². The molecular weight excluding hydrogens is 322 g/mol. The van der Waals surface area contributed by atoms with Crippen LogP contribution in [0.25, 0.3) is 21.7 Å². The molecular formula is C19H19NO5. The monoisotopic (exact) mass is 341 g/mol. The molecule has 1 aliphatic rings. The predicted molar refractivity (Wildman–Crippen MR) is 95.6 cm³/mol. The number of pyridine rings is 1. The summed E-state index contributed by atoms with van der Waals surface area (Å²) in [5.74, 6) is 2.37. The molecule has 0 N–H and O–H groups in total. The van der Waals surface area contributed by atoms with E-state index < -0.39 is 0 Å². The third-order valence-electron chi connectivity index (χ3n) is 4.86. The van der Waals surface area contributed by atoms with Gasteiger partial charge in [0.1, 0.15) is 11.5 Å². The lowest BCUT2D eigenvalue weighted by molar-refractivity contribution is 0.358. The molecule has 0 saturated carbocycles. The van der Waals surface area contributed by atoms with Crippen LogP contribution in [-0.2, 0) is 13.0 Å². The number of aryl methyl sites for hydroxylation is 2. The van der Waals surface area contributed by atoms with Gasteiger partial charge in [0.05, 0.1) is 44.7 Å². The van der Waals surface area contributed by atoms with Gasteiger partial charge >= 0.3 is 0 Å². The number of fused-ring (bicyclic) bond motifs is 2. The van der Waals surface area contributed by atoms with Crippen molar-refractivity contribution >= 4 is 21.7 Å². The summed E-state index contributed by atoms with van der Waals surface area (Å²) in [5, 5.41) is 2.11. The van der Waals surface area contributed by atoms with E-state index in [2.05, 4.69) is 0 Å². The van der Waals surface area contributed by atoms with E-state index in [0.29, 0.717) is 34.9 Å². The molecule has 0 aliphatic carbocycles. The third kappa shape index (κ3) is 2.00. The van der Waals surface area contributed by atoms with Gasteiger partial charge in [0.15, 0.2) is 11.5 Å². The van der Waals surface area contributed by atoms with Gasteiger partial charge in [-0.1, -0.05) is 0 Å². The number of hydrogen-bond acceptors (Lipinski definition) is 5. The molecule has 2 aromatic carbocycles. The molecule has 0 fully saturated rings. The Hall–Kier alpha value is -2.89. The summed E-state index contributed by atoms with van der Waals surface area (Å²) in [6.45, 7) is 0.631. The number of benzene rings is 2. The van der Waals surface area contributed by atoms with Gasteiger partial charge < -0.3 is 23.5 Å². The maximum absolute atomic E-state index is 13.1. The number of nitrogens with zero attached hydrogens (tertiary/aromatic N) is 1. The summed E-state index contributed by atoms with van der Waals surface area (Å²) >= 11 is 0. The highest BCUT2D eigenvalue weighted by Gasteiger charge is 2.26. The Kier molecular flexibility index (Phi) is 3.49. The van der Waals surface area contributed by atoms with E-state index in [1.54, 1.807) is 39.1 Å². The van der Waals surface area contributed by atoms with E-state index in [9.17, 15) is 4.79 Å². The fraction of sp³-hybridized carbons (Fsp3) is 0.316. The molecule has 0 saturated heterocycles. The molecule has 0 amide bonds. The van der Waals surface area contributed by atoms with Crippen molar-refractivity contribution in [3.8, 4) is 23.0 Å². The smallest absolute Gasteiger partial charge is 0.262 e. The second kappa shape index (κ2) is 5.58. The topological polar surface area (TPSA) is 58.9 Å². The van der Waals surface area contributed by atoms with Gasteiger partial charge in [0, 0.05) is 18.0 Å². The first-order chi connectivity index (χ1) is 12.1. The summed E-state index contributed by atoms with van der Waals surface area (Å²) in [6.07, 6.45) is 0.780. The number of ether oxygens (including phenoxy) is 4. The minimum absolute atomic E-state index is 0.0621. The second-order valence-electron chi connectivity index (χ2n) is 5.95. The Labute approximate surface area is 144 Å². The van der Waals surface area contributed by atoms with Crippen molar-refractivity contribution in [1.82, 2.24) is 4.57 Å². The Morgan fingerprint density at radius 2 is 1.64 bits per heavy atom. The summed E-state index contributed by atoms with van der Waals surface area (Å²) in [7, 11) is 6.36. The molecule has 1 aromatic heterocycles. The van der Waals surface area contributed by atoms with Crippen molar-refractivity contribution in [2.75, 3.05) is 28.4 Å². The lowest BCUT2D eigenvalue weighted by Gasteiger charge is -2.17. The quantitative estimate of drug-likeness (QED) is 0.683.